The lowest BCUT2D eigenvalue weighted by Crippen LogP contribution is -2.02. The van der Waals surface area contributed by atoms with Crippen LogP contribution in [-0.4, -0.2) is 29.4 Å². The summed E-state index contributed by atoms with van der Waals surface area (Å²) >= 11 is 0. The van der Waals surface area contributed by atoms with Crippen LogP contribution in [-0.2, 0) is 16.4 Å². The molecule has 0 aliphatic carbocycles. The van der Waals surface area contributed by atoms with E-state index in [1.807, 2.05) is 4.57 Å². The number of rotatable bonds is 4. The Bertz CT molecular complexity index is 1180. The minimum absolute atomic E-state index is 0.237. The van der Waals surface area contributed by atoms with Crippen LogP contribution in [0.15, 0.2) is 64.2 Å². The third-order valence-electron chi connectivity index (χ3n) is 4.13. The van der Waals surface area contributed by atoms with Crippen molar-refractivity contribution in [2.45, 2.75) is 11.4 Å². The summed E-state index contributed by atoms with van der Waals surface area (Å²) in [4.78, 5) is 0.237. The molecule has 132 valence electrons. The van der Waals surface area contributed by atoms with E-state index in [9.17, 15) is 12.8 Å². The Hall–Kier alpha value is -3.00. The lowest BCUT2D eigenvalue weighted by Gasteiger charge is -2.09. The zero-order valence-corrected chi connectivity index (χ0v) is 14.6. The SMILES string of the molecule is CS(=O)(=O)c1ccc2c(c1)cc(-c1nnco1)n2Cc1ccc(F)cc1. The predicted octanol–water partition coefficient (Wildman–Crippen LogP) is 3.28. The average molecular weight is 371 g/mol. The van der Waals surface area contributed by atoms with Gasteiger partial charge in [0.05, 0.1) is 4.90 Å². The van der Waals surface area contributed by atoms with Gasteiger partial charge in [-0.2, -0.15) is 0 Å². The van der Waals surface area contributed by atoms with Gasteiger partial charge in [0.1, 0.15) is 11.5 Å². The Morgan fingerprint density at radius 2 is 1.88 bits per heavy atom. The first-order valence-electron chi connectivity index (χ1n) is 7.76. The van der Waals surface area contributed by atoms with Crippen molar-refractivity contribution >= 4 is 20.7 Å². The topological polar surface area (TPSA) is 78.0 Å². The van der Waals surface area contributed by atoms with Crippen molar-refractivity contribution < 1.29 is 17.2 Å². The van der Waals surface area contributed by atoms with Gasteiger partial charge < -0.3 is 8.98 Å². The van der Waals surface area contributed by atoms with E-state index in [0.29, 0.717) is 18.1 Å². The second-order valence-electron chi connectivity index (χ2n) is 5.98. The van der Waals surface area contributed by atoms with Crippen LogP contribution >= 0.6 is 0 Å². The average Bonchev–Trinajstić information content (AvgIpc) is 3.24. The van der Waals surface area contributed by atoms with Crippen LogP contribution in [0, 0.1) is 5.82 Å². The Labute approximate surface area is 148 Å². The van der Waals surface area contributed by atoms with Crippen molar-refractivity contribution in [3.05, 3.63) is 66.3 Å². The van der Waals surface area contributed by atoms with Gasteiger partial charge in [-0.15, -0.1) is 10.2 Å². The molecule has 0 bridgehead atoms. The molecule has 0 unspecified atom stereocenters. The summed E-state index contributed by atoms with van der Waals surface area (Å²) in [6.07, 6.45) is 2.40. The second-order valence-corrected chi connectivity index (χ2v) is 7.99. The highest BCUT2D eigenvalue weighted by Gasteiger charge is 2.17. The third kappa shape index (κ3) is 2.99. The number of benzene rings is 2. The number of hydrogen-bond acceptors (Lipinski definition) is 5. The largest absolute Gasteiger partial charge is 0.422 e. The molecule has 0 aliphatic rings. The fourth-order valence-corrected chi connectivity index (χ4v) is 3.54. The highest BCUT2D eigenvalue weighted by atomic mass is 32.2. The summed E-state index contributed by atoms with van der Waals surface area (Å²) in [5.74, 6) is 0.0188. The van der Waals surface area contributed by atoms with Gasteiger partial charge >= 0.3 is 0 Å². The zero-order valence-electron chi connectivity index (χ0n) is 13.8. The van der Waals surface area contributed by atoms with Crippen molar-refractivity contribution in [2.24, 2.45) is 0 Å². The summed E-state index contributed by atoms with van der Waals surface area (Å²) < 4.78 is 44.1. The van der Waals surface area contributed by atoms with Crippen LogP contribution in [0.4, 0.5) is 4.39 Å². The first-order chi connectivity index (χ1) is 12.4. The molecule has 4 rings (SSSR count). The maximum atomic E-state index is 13.2. The summed E-state index contributed by atoms with van der Waals surface area (Å²) in [6.45, 7) is 0.444. The molecule has 0 aliphatic heterocycles. The van der Waals surface area contributed by atoms with E-state index < -0.39 is 9.84 Å². The molecule has 0 radical (unpaired) electrons. The number of sulfone groups is 1. The Morgan fingerprint density at radius 3 is 2.54 bits per heavy atom. The fraction of sp³-hybridized carbons (Fsp3) is 0.111. The van der Waals surface area contributed by atoms with Crippen LogP contribution in [0.3, 0.4) is 0 Å². The molecule has 0 saturated carbocycles. The van der Waals surface area contributed by atoms with Gasteiger partial charge in [-0.3, -0.25) is 0 Å². The Kier molecular flexibility index (Phi) is 3.84. The van der Waals surface area contributed by atoms with Crippen LogP contribution in [0.1, 0.15) is 5.56 Å². The third-order valence-corrected chi connectivity index (χ3v) is 5.24. The highest BCUT2D eigenvalue weighted by molar-refractivity contribution is 7.90. The van der Waals surface area contributed by atoms with Gasteiger partial charge in [-0.25, -0.2) is 12.8 Å². The van der Waals surface area contributed by atoms with Gasteiger partial charge in [0.2, 0.25) is 6.39 Å². The molecule has 2 aromatic heterocycles. The van der Waals surface area contributed by atoms with Crippen molar-refractivity contribution in [1.82, 2.24) is 14.8 Å². The monoisotopic (exact) mass is 371 g/mol. The zero-order chi connectivity index (χ0) is 18.3. The molecule has 0 saturated heterocycles. The van der Waals surface area contributed by atoms with E-state index in [4.69, 9.17) is 4.42 Å². The molecular weight excluding hydrogens is 357 g/mol. The predicted molar refractivity (Wildman–Crippen MR) is 93.8 cm³/mol. The van der Waals surface area contributed by atoms with Crippen LogP contribution < -0.4 is 0 Å². The summed E-state index contributed by atoms with van der Waals surface area (Å²) in [5, 5.41) is 8.40. The number of fused-ring (bicyclic) bond motifs is 1. The lowest BCUT2D eigenvalue weighted by molar-refractivity contribution is 0.562. The van der Waals surface area contributed by atoms with Gasteiger partial charge in [-0.05, 0) is 42.0 Å². The van der Waals surface area contributed by atoms with Gasteiger partial charge in [0, 0.05) is 23.7 Å². The van der Waals surface area contributed by atoms with Crippen LogP contribution in [0.5, 0.6) is 0 Å². The van der Waals surface area contributed by atoms with Crippen molar-refractivity contribution in [3.63, 3.8) is 0 Å². The molecule has 0 amide bonds. The molecule has 0 N–H and O–H groups in total. The van der Waals surface area contributed by atoms with Crippen molar-refractivity contribution in [3.8, 4) is 11.6 Å². The molecule has 2 aromatic carbocycles. The van der Waals surface area contributed by atoms with E-state index in [0.717, 1.165) is 16.5 Å². The summed E-state index contributed by atoms with van der Waals surface area (Å²) in [5.41, 5.74) is 2.36. The van der Waals surface area contributed by atoms with Gasteiger partial charge in [0.15, 0.2) is 9.84 Å². The Morgan fingerprint density at radius 1 is 1.12 bits per heavy atom. The Balaban J connectivity index is 1.90. The minimum atomic E-state index is -3.32. The quantitative estimate of drug-likeness (QED) is 0.550. The minimum Gasteiger partial charge on any atom is -0.422 e. The molecule has 0 spiro atoms. The first kappa shape index (κ1) is 16.5. The molecule has 26 heavy (non-hydrogen) atoms. The summed E-state index contributed by atoms with van der Waals surface area (Å²) in [6, 6.07) is 12.9. The normalized spacial score (nSPS) is 11.9. The molecule has 2 heterocycles. The molecule has 6 nitrogen and oxygen atoms in total. The van der Waals surface area contributed by atoms with E-state index in [2.05, 4.69) is 10.2 Å². The highest BCUT2D eigenvalue weighted by Crippen LogP contribution is 2.29. The smallest absolute Gasteiger partial charge is 0.264 e. The standard InChI is InChI=1S/C18H14FN3O3S/c1-26(23,24)15-6-7-16-13(8-15)9-17(18-21-20-11-25-18)22(16)10-12-2-4-14(19)5-3-12/h2-9,11H,10H2,1H3. The van der Waals surface area contributed by atoms with Crippen molar-refractivity contribution in [2.75, 3.05) is 6.26 Å². The number of halogens is 1. The summed E-state index contributed by atoms with van der Waals surface area (Å²) in [7, 11) is -3.32. The number of aromatic nitrogens is 3. The maximum absolute atomic E-state index is 13.2. The second kappa shape index (κ2) is 6.06. The van der Waals surface area contributed by atoms with E-state index in [1.54, 1.807) is 36.4 Å². The first-order valence-corrected chi connectivity index (χ1v) is 9.65. The van der Waals surface area contributed by atoms with E-state index >= 15 is 0 Å². The molecule has 0 atom stereocenters. The molecule has 8 heteroatoms. The van der Waals surface area contributed by atoms with E-state index in [-0.39, 0.29) is 10.7 Å². The molecular formula is C18H14FN3O3S. The lowest BCUT2D eigenvalue weighted by atomic mass is 10.2. The van der Waals surface area contributed by atoms with E-state index in [1.165, 1.54) is 24.8 Å². The van der Waals surface area contributed by atoms with Crippen LogP contribution in [0.25, 0.3) is 22.5 Å². The van der Waals surface area contributed by atoms with Gasteiger partial charge in [-0.1, -0.05) is 12.1 Å². The van der Waals surface area contributed by atoms with Gasteiger partial charge in [0.25, 0.3) is 5.89 Å². The molecule has 0 fully saturated rings. The van der Waals surface area contributed by atoms with Crippen LogP contribution in [0.2, 0.25) is 0 Å². The maximum Gasteiger partial charge on any atom is 0.264 e. The molecule has 4 aromatic rings. The fourth-order valence-electron chi connectivity index (χ4n) is 2.88. The van der Waals surface area contributed by atoms with Crippen molar-refractivity contribution in [1.29, 1.82) is 0 Å². The number of hydrogen-bond donors (Lipinski definition) is 0. The number of nitrogens with zero attached hydrogens (tertiary/aromatic N) is 3.